The van der Waals surface area contributed by atoms with E-state index in [4.69, 9.17) is 0 Å². The summed E-state index contributed by atoms with van der Waals surface area (Å²) in [5.74, 6) is 0. The van der Waals surface area contributed by atoms with Gasteiger partial charge >= 0.3 is 12.8 Å². The first-order valence-corrected chi connectivity index (χ1v) is 7.72. The quantitative estimate of drug-likeness (QED) is 0.494. The van der Waals surface area contributed by atoms with Crippen LogP contribution in [0, 0.1) is 6.82 Å². The van der Waals surface area contributed by atoms with E-state index < -0.39 is 12.8 Å². The highest BCUT2D eigenvalue weighted by Crippen LogP contribution is 2.19. The van der Waals surface area contributed by atoms with Gasteiger partial charge in [0.15, 0.2) is 12.4 Å². The van der Waals surface area contributed by atoms with Crippen molar-refractivity contribution < 1.29 is 9.19 Å². The lowest BCUT2D eigenvalue weighted by atomic mass is 9.46. The Hall–Kier alpha value is -0.620. The average Bonchev–Trinajstić information content (AvgIpc) is 2.81. The first kappa shape index (κ1) is 12.4. The first-order chi connectivity index (χ1) is 8.24. The Kier molecular flexibility index (Phi) is 2.40. The lowest BCUT2D eigenvalue weighted by Gasteiger charge is -2.37. The van der Waals surface area contributed by atoms with Crippen LogP contribution in [0.15, 0.2) is 33.7 Å². The third-order valence-electron chi connectivity index (χ3n) is 3.99. The Morgan fingerprint density at radius 3 is 1.78 bits per heavy atom. The van der Waals surface area contributed by atoms with Crippen LogP contribution in [0.25, 0.3) is 0 Å². The fourth-order valence-corrected chi connectivity index (χ4v) is 3.83. The molecular weight excluding hydrogens is 358 g/mol. The predicted octanol–water partition coefficient (Wildman–Crippen LogP) is 1.64. The van der Waals surface area contributed by atoms with Crippen LogP contribution in [0.2, 0.25) is 20.5 Å². The van der Waals surface area contributed by atoms with Crippen LogP contribution in [0.5, 0.6) is 0 Å². The molecule has 8 heteroatoms. The van der Waals surface area contributed by atoms with Gasteiger partial charge in [0.1, 0.15) is 0 Å². The van der Waals surface area contributed by atoms with E-state index in [0.29, 0.717) is 0 Å². The van der Waals surface area contributed by atoms with Crippen molar-refractivity contribution in [1.29, 1.82) is 0 Å². The van der Waals surface area contributed by atoms with Crippen LogP contribution in [-0.4, -0.2) is 22.0 Å². The second kappa shape index (κ2) is 3.48. The molecule has 2 aromatic rings. The molecule has 0 N–H and O–H groups in total. The summed E-state index contributed by atoms with van der Waals surface area (Å²) < 4.78 is 11.2. The largest absolute Gasteiger partial charge is 0.577 e. The van der Waals surface area contributed by atoms with Gasteiger partial charge in [-0.15, -0.1) is 0 Å². The summed E-state index contributed by atoms with van der Waals surface area (Å²) in [6.07, 6.45) is 6.43. The van der Waals surface area contributed by atoms with E-state index in [2.05, 4.69) is 102 Å². The highest BCUT2D eigenvalue weighted by Gasteiger charge is 2.54. The number of nitrogens with zero attached hydrogens (tertiary/aromatic N) is 4. The van der Waals surface area contributed by atoms with Crippen molar-refractivity contribution in [3.05, 3.63) is 40.6 Å². The van der Waals surface area contributed by atoms with Crippen molar-refractivity contribution in [2.24, 2.45) is 0 Å². The molecule has 1 aliphatic heterocycles. The zero-order chi connectivity index (χ0) is 13.3. The molecule has 94 valence electrons. The fourth-order valence-electron chi connectivity index (χ4n) is 2.99. The van der Waals surface area contributed by atoms with Crippen LogP contribution in [0.4, 0.5) is 0 Å². The minimum atomic E-state index is -1.12. The third-order valence-corrected chi connectivity index (χ3v) is 4.81. The van der Waals surface area contributed by atoms with Gasteiger partial charge < -0.3 is 0 Å². The zero-order valence-corrected chi connectivity index (χ0v) is 13.9. The summed E-state index contributed by atoms with van der Waals surface area (Å²) in [7, 11) is 0. The standard InChI is InChI=1S/C10H15B2Br2N4/c1-11(2)15-5-9(13)7-17(15)12(3,4)18-8-10(14)6-16(11)18/h5-8H,1H2,2-4H3/q+1. The molecule has 0 aliphatic carbocycles. The Labute approximate surface area is 124 Å². The number of rotatable bonds is 0. The molecule has 0 amide bonds. The normalized spacial score (nSPS) is 19.4. The number of aromatic nitrogens is 4. The van der Waals surface area contributed by atoms with E-state index in [1.165, 1.54) is 0 Å². The monoisotopic (exact) mass is 371 g/mol. The average molecular weight is 373 g/mol. The maximum absolute atomic E-state index is 4.42. The molecule has 0 saturated heterocycles. The second-order valence-electron chi connectivity index (χ2n) is 5.94. The Bertz CT molecular complexity index is 541. The van der Waals surface area contributed by atoms with E-state index in [0.717, 1.165) is 8.95 Å². The second-order valence-corrected chi connectivity index (χ2v) is 7.77. The van der Waals surface area contributed by atoms with Gasteiger partial charge in [-0.1, -0.05) is 13.6 Å². The lowest BCUT2D eigenvalue weighted by molar-refractivity contribution is -0.770. The van der Waals surface area contributed by atoms with Crippen LogP contribution in [0.1, 0.15) is 0 Å². The number of hydrogen-bond acceptors (Lipinski definition) is 0. The van der Waals surface area contributed by atoms with Crippen molar-refractivity contribution in [1.82, 2.24) is 9.19 Å². The molecule has 0 unspecified atom stereocenters. The van der Waals surface area contributed by atoms with E-state index in [1.54, 1.807) is 0 Å². The maximum Gasteiger partial charge on any atom is 0.577 e. The maximum atomic E-state index is 4.42. The number of halogens is 2. The summed E-state index contributed by atoms with van der Waals surface area (Å²) >= 11 is 7.13. The van der Waals surface area contributed by atoms with E-state index >= 15 is 0 Å². The molecule has 0 aromatic carbocycles. The van der Waals surface area contributed by atoms with Gasteiger partial charge in [-0.2, -0.15) is 0 Å². The molecule has 0 spiro atoms. The van der Waals surface area contributed by atoms with Gasteiger partial charge in [0.2, 0.25) is 0 Å². The van der Waals surface area contributed by atoms with E-state index in [1.807, 2.05) is 0 Å². The summed E-state index contributed by atoms with van der Waals surface area (Å²) in [5, 5.41) is 0. The van der Waals surface area contributed by atoms with Crippen LogP contribution in [0.3, 0.4) is 0 Å². The number of fused-ring (bicyclic) bond motifs is 2. The molecule has 4 nitrogen and oxygen atoms in total. The van der Waals surface area contributed by atoms with Crippen molar-refractivity contribution in [3.63, 3.8) is 0 Å². The summed E-state index contributed by atoms with van der Waals surface area (Å²) in [4.78, 5) is 0. The summed E-state index contributed by atoms with van der Waals surface area (Å²) in [5.41, 5.74) is 0. The van der Waals surface area contributed by atoms with Crippen LogP contribution in [-0.2, 0) is 0 Å². The Morgan fingerprint density at radius 1 is 1.00 bits per heavy atom. The van der Waals surface area contributed by atoms with Crippen LogP contribution < -0.4 is 9.19 Å². The molecule has 0 saturated carbocycles. The minimum absolute atomic E-state index is 0.913. The molecule has 0 fully saturated rings. The lowest BCUT2D eigenvalue weighted by Crippen LogP contribution is -2.91. The molecular formula is C10H15B2Br2N4+. The topological polar surface area (TPSA) is 17.6 Å². The van der Waals surface area contributed by atoms with E-state index in [-0.39, 0.29) is 0 Å². The summed E-state index contributed by atoms with van der Waals surface area (Å²) in [6.45, 7) is 11.1. The van der Waals surface area contributed by atoms with Gasteiger partial charge in [-0.3, -0.25) is 18.4 Å². The summed E-state index contributed by atoms with van der Waals surface area (Å²) in [6, 6.07) is 0. The van der Waals surface area contributed by atoms with E-state index in [9.17, 15) is 0 Å². The van der Waals surface area contributed by atoms with Crippen molar-refractivity contribution in [2.75, 3.05) is 0 Å². The molecule has 2 aromatic heterocycles. The smallest absolute Gasteiger partial charge is 0.298 e. The van der Waals surface area contributed by atoms with Gasteiger partial charge in [0.05, 0.1) is 8.95 Å². The molecule has 0 bridgehead atoms. The molecule has 0 radical (unpaired) electrons. The zero-order valence-electron chi connectivity index (χ0n) is 10.7. The first-order valence-electron chi connectivity index (χ1n) is 6.14. The minimum Gasteiger partial charge on any atom is -0.298 e. The Morgan fingerprint density at radius 2 is 1.39 bits per heavy atom. The molecule has 3 heterocycles. The van der Waals surface area contributed by atoms with Gasteiger partial charge in [0, 0.05) is 12.4 Å². The highest BCUT2D eigenvalue weighted by molar-refractivity contribution is 9.10. The van der Waals surface area contributed by atoms with Gasteiger partial charge in [-0.25, -0.2) is 0 Å². The SMILES string of the molecule is [CH2+][B-]1(C)n2cc(Br)c[n+]2[B-](C)(C)[n+]2cc(Br)cn21. The van der Waals surface area contributed by atoms with Crippen molar-refractivity contribution in [2.45, 2.75) is 20.5 Å². The fraction of sp³-hybridized carbons (Fsp3) is 0.300. The van der Waals surface area contributed by atoms with Gasteiger partial charge in [-0.05, 0) is 45.5 Å². The highest BCUT2D eigenvalue weighted by atomic mass is 79.9. The van der Waals surface area contributed by atoms with Crippen molar-refractivity contribution >= 4 is 44.7 Å². The Balaban J connectivity index is 2.39. The third kappa shape index (κ3) is 1.42. The molecule has 3 rings (SSSR count). The molecule has 0 atom stereocenters. The van der Waals surface area contributed by atoms with Crippen molar-refractivity contribution in [3.8, 4) is 0 Å². The number of hydrogen-bond donors (Lipinski definition) is 0. The molecule has 1 aliphatic rings. The van der Waals surface area contributed by atoms with Crippen LogP contribution >= 0.6 is 31.9 Å². The van der Waals surface area contributed by atoms with Gasteiger partial charge in [0.25, 0.3) is 0 Å². The molecule has 18 heavy (non-hydrogen) atoms. The predicted molar refractivity (Wildman–Crippen MR) is 80.7 cm³/mol.